The lowest BCUT2D eigenvalue weighted by Gasteiger charge is -2.17. The van der Waals surface area contributed by atoms with E-state index in [4.69, 9.17) is 4.74 Å². The molecule has 0 aromatic heterocycles. The summed E-state index contributed by atoms with van der Waals surface area (Å²) in [6.45, 7) is 2.32. The van der Waals surface area contributed by atoms with Crippen LogP contribution in [-0.2, 0) is 10.5 Å². The van der Waals surface area contributed by atoms with Crippen molar-refractivity contribution in [1.29, 1.82) is 0 Å². The molecule has 2 aromatic carbocycles. The molecule has 3 nitrogen and oxygen atoms in total. The number of rotatable bonds is 9. The third-order valence-electron chi connectivity index (χ3n) is 3.52. The van der Waals surface area contributed by atoms with Crippen LogP contribution in [-0.4, -0.2) is 24.3 Å². The van der Waals surface area contributed by atoms with E-state index in [1.165, 1.54) is 30.3 Å². The van der Waals surface area contributed by atoms with E-state index in [1.807, 2.05) is 6.92 Å². The van der Waals surface area contributed by atoms with Crippen LogP contribution in [0.15, 0.2) is 48.5 Å². The second-order valence-electron chi connectivity index (χ2n) is 5.40. The molecule has 0 heterocycles. The molecule has 0 aliphatic heterocycles. The summed E-state index contributed by atoms with van der Waals surface area (Å²) in [4.78, 5) is 12.2. The molecule has 0 fully saturated rings. The molecule has 134 valence electrons. The summed E-state index contributed by atoms with van der Waals surface area (Å²) in [5.74, 6) is 0.920. The van der Waals surface area contributed by atoms with E-state index in [0.717, 1.165) is 0 Å². The Morgan fingerprint density at radius 3 is 2.56 bits per heavy atom. The Bertz CT molecular complexity index is 679. The Morgan fingerprint density at radius 2 is 1.88 bits per heavy atom. The first-order valence-electron chi connectivity index (χ1n) is 8.11. The number of carbonyl (C=O) groups excluding carboxylic acids is 1. The number of halogens is 2. The molecule has 1 atom stereocenters. The molecule has 25 heavy (non-hydrogen) atoms. The fourth-order valence-electron chi connectivity index (χ4n) is 2.16. The van der Waals surface area contributed by atoms with Gasteiger partial charge in [-0.1, -0.05) is 25.1 Å². The van der Waals surface area contributed by atoms with Gasteiger partial charge in [0.2, 0.25) is 0 Å². The SMILES string of the molecule is CC[C@H](Oc1ccc(F)cc1)C(=O)NCCSCc1ccccc1F. The van der Waals surface area contributed by atoms with Gasteiger partial charge < -0.3 is 10.1 Å². The number of amides is 1. The minimum Gasteiger partial charge on any atom is -0.481 e. The molecule has 1 N–H and O–H groups in total. The second kappa shape index (κ2) is 10.0. The second-order valence-corrected chi connectivity index (χ2v) is 6.51. The Balaban J connectivity index is 1.71. The maximum Gasteiger partial charge on any atom is 0.261 e. The number of hydrogen-bond acceptors (Lipinski definition) is 3. The molecule has 0 unspecified atom stereocenters. The van der Waals surface area contributed by atoms with Crippen LogP contribution in [0.1, 0.15) is 18.9 Å². The van der Waals surface area contributed by atoms with Crippen LogP contribution in [0.4, 0.5) is 8.78 Å². The van der Waals surface area contributed by atoms with Gasteiger partial charge in [-0.05, 0) is 42.3 Å². The highest BCUT2D eigenvalue weighted by Crippen LogP contribution is 2.16. The quantitative estimate of drug-likeness (QED) is 0.678. The Hall–Kier alpha value is -2.08. The normalized spacial score (nSPS) is 11.8. The molecular weight excluding hydrogens is 344 g/mol. The van der Waals surface area contributed by atoms with Crippen molar-refractivity contribution >= 4 is 17.7 Å². The highest BCUT2D eigenvalue weighted by molar-refractivity contribution is 7.98. The van der Waals surface area contributed by atoms with Crippen molar-refractivity contribution in [2.75, 3.05) is 12.3 Å². The Labute approximate surface area is 150 Å². The van der Waals surface area contributed by atoms with E-state index in [2.05, 4.69) is 5.32 Å². The van der Waals surface area contributed by atoms with Crippen LogP contribution >= 0.6 is 11.8 Å². The van der Waals surface area contributed by atoms with E-state index < -0.39 is 6.10 Å². The number of ether oxygens (including phenoxy) is 1. The summed E-state index contributed by atoms with van der Waals surface area (Å²) in [6, 6.07) is 12.2. The largest absolute Gasteiger partial charge is 0.481 e. The number of carbonyl (C=O) groups is 1. The molecule has 0 saturated carbocycles. The van der Waals surface area contributed by atoms with Crippen molar-refractivity contribution in [1.82, 2.24) is 5.32 Å². The summed E-state index contributed by atoms with van der Waals surface area (Å²) in [5, 5.41) is 2.81. The van der Waals surface area contributed by atoms with Gasteiger partial charge in [0.15, 0.2) is 6.10 Å². The highest BCUT2D eigenvalue weighted by atomic mass is 32.2. The molecule has 1 amide bonds. The van der Waals surface area contributed by atoms with Crippen molar-refractivity contribution < 1.29 is 18.3 Å². The van der Waals surface area contributed by atoms with Crippen LogP contribution in [0.25, 0.3) is 0 Å². The summed E-state index contributed by atoms with van der Waals surface area (Å²) in [7, 11) is 0. The molecule has 0 aliphatic carbocycles. The number of thioether (sulfide) groups is 1. The van der Waals surface area contributed by atoms with E-state index in [1.54, 1.807) is 30.0 Å². The van der Waals surface area contributed by atoms with E-state index >= 15 is 0 Å². The van der Waals surface area contributed by atoms with Crippen molar-refractivity contribution in [2.24, 2.45) is 0 Å². The van der Waals surface area contributed by atoms with Gasteiger partial charge in [-0.2, -0.15) is 11.8 Å². The molecule has 0 aliphatic rings. The minimum absolute atomic E-state index is 0.210. The zero-order chi connectivity index (χ0) is 18.1. The lowest BCUT2D eigenvalue weighted by Crippen LogP contribution is -2.39. The summed E-state index contributed by atoms with van der Waals surface area (Å²) in [5.41, 5.74) is 0.657. The molecule has 2 rings (SSSR count). The topological polar surface area (TPSA) is 38.3 Å². The average Bonchev–Trinajstić information content (AvgIpc) is 2.62. The first-order valence-corrected chi connectivity index (χ1v) is 9.26. The standard InChI is InChI=1S/C19H21F2NO2S/c1-2-18(24-16-9-7-15(20)8-10-16)19(23)22-11-12-25-13-14-5-3-4-6-17(14)21/h3-10,18H,2,11-13H2,1H3,(H,22,23)/t18-/m0/s1. The van der Waals surface area contributed by atoms with E-state index in [-0.39, 0.29) is 17.5 Å². The Kier molecular flexibility index (Phi) is 7.73. The summed E-state index contributed by atoms with van der Waals surface area (Å²) in [6.07, 6.45) is -0.118. The van der Waals surface area contributed by atoms with E-state index in [0.29, 0.717) is 35.8 Å². The molecule has 0 spiro atoms. The van der Waals surface area contributed by atoms with Crippen LogP contribution in [0.3, 0.4) is 0 Å². The monoisotopic (exact) mass is 365 g/mol. The van der Waals surface area contributed by atoms with Gasteiger partial charge >= 0.3 is 0 Å². The fraction of sp³-hybridized carbons (Fsp3) is 0.316. The van der Waals surface area contributed by atoms with Gasteiger partial charge in [0.1, 0.15) is 17.4 Å². The van der Waals surface area contributed by atoms with Gasteiger partial charge in [0.05, 0.1) is 0 Å². The molecule has 2 aromatic rings. The minimum atomic E-state index is -0.623. The predicted octanol–water partition coefficient (Wildman–Crippen LogP) is 4.17. The summed E-state index contributed by atoms with van der Waals surface area (Å²) >= 11 is 1.55. The zero-order valence-electron chi connectivity index (χ0n) is 14.0. The number of hydrogen-bond donors (Lipinski definition) is 1. The van der Waals surface area contributed by atoms with Crippen molar-refractivity contribution in [2.45, 2.75) is 25.2 Å². The molecule has 0 bridgehead atoms. The Morgan fingerprint density at radius 1 is 1.16 bits per heavy atom. The molecule has 6 heteroatoms. The van der Waals surface area contributed by atoms with Crippen molar-refractivity contribution in [3.05, 3.63) is 65.7 Å². The molecule has 0 saturated heterocycles. The van der Waals surface area contributed by atoms with Gasteiger partial charge in [0, 0.05) is 18.1 Å². The van der Waals surface area contributed by atoms with Crippen LogP contribution in [0.5, 0.6) is 5.75 Å². The van der Waals surface area contributed by atoms with E-state index in [9.17, 15) is 13.6 Å². The third-order valence-corrected chi connectivity index (χ3v) is 4.52. The van der Waals surface area contributed by atoms with Gasteiger partial charge in [-0.15, -0.1) is 0 Å². The highest BCUT2D eigenvalue weighted by Gasteiger charge is 2.17. The average molecular weight is 365 g/mol. The van der Waals surface area contributed by atoms with Gasteiger partial charge in [-0.3, -0.25) is 4.79 Å². The smallest absolute Gasteiger partial charge is 0.261 e. The van der Waals surface area contributed by atoms with Crippen LogP contribution in [0.2, 0.25) is 0 Å². The molecular formula is C19H21F2NO2S. The zero-order valence-corrected chi connectivity index (χ0v) is 14.8. The fourth-order valence-corrected chi connectivity index (χ4v) is 3.00. The summed E-state index contributed by atoms with van der Waals surface area (Å²) < 4.78 is 32.0. The number of benzene rings is 2. The number of nitrogens with one attached hydrogen (secondary N) is 1. The van der Waals surface area contributed by atoms with Crippen molar-refractivity contribution in [3.63, 3.8) is 0 Å². The first kappa shape index (κ1) is 19.2. The lowest BCUT2D eigenvalue weighted by molar-refractivity contribution is -0.127. The third kappa shape index (κ3) is 6.38. The van der Waals surface area contributed by atoms with Gasteiger partial charge in [0.25, 0.3) is 5.91 Å². The van der Waals surface area contributed by atoms with Crippen LogP contribution < -0.4 is 10.1 Å². The van der Waals surface area contributed by atoms with Crippen LogP contribution in [0, 0.1) is 11.6 Å². The first-order chi connectivity index (χ1) is 12.1. The van der Waals surface area contributed by atoms with Gasteiger partial charge in [-0.25, -0.2) is 8.78 Å². The van der Waals surface area contributed by atoms with Crippen molar-refractivity contribution in [3.8, 4) is 5.75 Å². The lowest BCUT2D eigenvalue weighted by atomic mass is 10.2. The molecule has 0 radical (unpaired) electrons. The maximum absolute atomic E-state index is 13.5. The maximum atomic E-state index is 13.5. The predicted molar refractivity (Wildman–Crippen MR) is 96.7 cm³/mol.